The molecular formula is C22H31N3O4. The van der Waals surface area contributed by atoms with Crippen LogP contribution >= 0.6 is 0 Å². The fraction of sp³-hybridized carbons (Fsp3) is 0.364. The Labute approximate surface area is 172 Å². The molecule has 29 heavy (non-hydrogen) atoms. The Hall–Kier alpha value is -3.06. The maximum Gasteiger partial charge on any atom is 0.338 e. The zero-order valence-corrected chi connectivity index (χ0v) is 17.4. The number of nitrogen functional groups attached to an aromatic ring is 2. The third-order valence-corrected chi connectivity index (χ3v) is 4.10. The Morgan fingerprint density at radius 1 is 0.759 bits per heavy atom. The van der Waals surface area contributed by atoms with Crippen molar-refractivity contribution in [2.24, 2.45) is 0 Å². The average Bonchev–Trinajstić information content (AvgIpc) is 2.73. The molecule has 0 unspecified atom stereocenters. The van der Waals surface area contributed by atoms with E-state index >= 15 is 0 Å². The number of anilines is 2. The van der Waals surface area contributed by atoms with E-state index in [2.05, 4.69) is 18.7 Å². The summed E-state index contributed by atoms with van der Waals surface area (Å²) in [5, 5.41) is 0. The molecule has 0 heterocycles. The first-order chi connectivity index (χ1) is 13.9. The van der Waals surface area contributed by atoms with Crippen LogP contribution in [0, 0.1) is 0 Å². The predicted octanol–water partition coefficient (Wildman–Crippen LogP) is 3.21. The van der Waals surface area contributed by atoms with E-state index in [0.29, 0.717) is 35.7 Å². The van der Waals surface area contributed by atoms with Crippen LogP contribution in [-0.2, 0) is 9.47 Å². The summed E-state index contributed by atoms with van der Waals surface area (Å²) in [6.07, 6.45) is 0. The molecule has 0 aliphatic carbocycles. The zero-order chi connectivity index (χ0) is 21.6. The first kappa shape index (κ1) is 24.0. The van der Waals surface area contributed by atoms with Gasteiger partial charge < -0.3 is 25.8 Å². The Bertz CT molecular complexity index is 742. The third-order valence-electron chi connectivity index (χ3n) is 4.10. The molecule has 0 amide bonds. The monoisotopic (exact) mass is 401 g/mol. The van der Waals surface area contributed by atoms with Crippen LogP contribution in [0.4, 0.5) is 11.4 Å². The number of ether oxygens (including phenoxy) is 2. The highest BCUT2D eigenvalue weighted by Crippen LogP contribution is 2.07. The van der Waals surface area contributed by atoms with Gasteiger partial charge in [0.25, 0.3) is 0 Å². The molecule has 2 rings (SSSR count). The number of carbonyl (C=O) groups excluding carboxylic acids is 2. The second-order valence-electron chi connectivity index (χ2n) is 6.13. The summed E-state index contributed by atoms with van der Waals surface area (Å²) >= 11 is 0. The molecule has 2 aromatic carbocycles. The number of hydrogen-bond donors (Lipinski definition) is 2. The van der Waals surface area contributed by atoms with Crippen molar-refractivity contribution in [3.05, 3.63) is 59.7 Å². The van der Waals surface area contributed by atoms with E-state index in [9.17, 15) is 9.59 Å². The Morgan fingerprint density at radius 3 is 1.55 bits per heavy atom. The highest BCUT2D eigenvalue weighted by molar-refractivity contribution is 5.90. The lowest BCUT2D eigenvalue weighted by atomic mass is 10.2. The van der Waals surface area contributed by atoms with Gasteiger partial charge in [-0.1, -0.05) is 13.8 Å². The summed E-state index contributed by atoms with van der Waals surface area (Å²) in [6, 6.07) is 13.4. The molecule has 0 saturated heterocycles. The summed E-state index contributed by atoms with van der Waals surface area (Å²) in [6.45, 7) is 9.47. The molecule has 0 fully saturated rings. The van der Waals surface area contributed by atoms with Gasteiger partial charge in [0.2, 0.25) is 0 Å². The molecular weight excluding hydrogens is 370 g/mol. The van der Waals surface area contributed by atoms with Crippen LogP contribution in [0.2, 0.25) is 0 Å². The van der Waals surface area contributed by atoms with E-state index in [4.69, 9.17) is 20.9 Å². The van der Waals surface area contributed by atoms with Gasteiger partial charge in [0.05, 0.1) is 17.7 Å². The third kappa shape index (κ3) is 9.12. The van der Waals surface area contributed by atoms with Crippen LogP contribution in [0.15, 0.2) is 48.5 Å². The van der Waals surface area contributed by atoms with Crippen molar-refractivity contribution in [1.29, 1.82) is 0 Å². The number of likely N-dealkylation sites (N-methyl/N-ethyl adjacent to an activating group) is 1. The van der Waals surface area contributed by atoms with E-state index in [1.807, 2.05) is 0 Å². The van der Waals surface area contributed by atoms with E-state index in [-0.39, 0.29) is 11.9 Å². The molecule has 158 valence electrons. The molecule has 0 radical (unpaired) electrons. The van der Waals surface area contributed by atoms with E-state index < -0.39 is 0 Å². The van der Waals surface area contributed by atoms with Gasteiger partial charge in [0.1, 0.15) is 6.61 Å². The van der Waals surface area contributed by atoms with Gasteiger partial charge in [-0.15, -0.1) is 0 Å². The molecule has 0 saturated carbocycles. The number of rotatable bonds is 8. The van der Waals surface area contributed by atoms with Gasteiger partial charge >= 0.3 is 11.9 Å². The molecule has 2 aromatic rings. The maximum absolute atomic E-state index is 11.6. The normalized spacial score (nSPS) is 10.1. The summed E-state index contributed by atoms with van der Waals surface area (Å²) in [7, 11) is 0. The van der Waals surface area contributed by atoms with Gasteiger partial charge in [0.15, 0.2) is 0 Å². The second-order valence-corrected chi connectivity index (χ2v) is 6.13. The lowest BCUT2D eigenvalue weighted by molar-refractivity contribution is 0.0465. The van der Waals surface area contributed by atoms with Crippen LogP contribution in [0.25, 0.3) is 0 Å². The Kier molecular flexibility index (Phi) is 10.9. The molecule has 0 aliphatic heterocycles. The number of esters is 2. The van der Waals surface area contributed by atoms with Crippen LogP contribution in [0.5, 0.6) is 0 Å². The molecule has 0 aromatic heterocycles. The van der Waals surface area contributed by atoms with Crippen LogP contribution < -0.4 is 11.5 Å². The average molecular weight is 402 g/mol. The van der Waals surface area contributed by atoms with Crippen molar-refractivity contribution in [2.45, 2.75) is 20.8 Å². The molecule has 0 spiro atoms. The molecule has 4 N–H and O–H groups in total. The van der Waals surface area contributed by atoms with Crippen molar-refractivity contribution in [1.82, 2.24) is 4.90 Å². The number of nitrogens with zero attached hydrogens (tertiary/aromatic N) is 1. The fourth-order valence-corrected chi connectivity index (χ4v) is 2.34. The zero-order valence-electron chi connectivity index (χ0n) is 17.4. The number of hydrogen-bond acceptors (Lipinski definition) is 7. The molecule has 7 heteroatoms. The van der Waals surface area contributed by atoms with Crippen LogP contribution in [-0.4, -0.2) is 49.7 Å². The summed E-state index contributed by atoms with van der Waals surface area (Å²) in [5.41, 5.74) is 13.4. The smallest absolute Gasteiger partial charge is 0.338 e. The molecule has 0 aliphatic rings. The first-order valence-electron chi connectivity index (χ1n) is 9.68. The molecule has 0 atom stereocenters. The highest BCUT2D eigenvalue weighted by Gasteiger charge is 2.07. The maximum atomic E-state index is 11.6. The number of benzene rings is 2. The van der Waals surface area contributed by atoms with Gasteiger partial charge in [-0.2, -0.15) is 0 Å². The van der Waals surface area contributed by atoms with Crippen molar-refractivity contribution in [2.75, 3.05) is 44.3 Å². The lowest BCUT2D eigenvalue weighted by Crippen LogP contribution is -2.27. The standard InChI is InChI=1S/C13H20N2O2.C9H11NO2/c1-3-15(4-2)9-10-17-13(16)11-5-7-12(14)8-6-11;1-2-12-9(11)7-3-5-8(10)6-4-7/h5-8H,3-4,9-10,14H2,1-2H3;3-6H,2,10H2,1H3. The number of nitrogens with two attached hydrogens (primary N) is 2. The van der Waals surface area contributed by atoms with Crippen LogP contribution in [0.3, 0.4) is 0 Å². The van der Waals surface area contributed by atoms with Crippen LogP contribution in [0.1, 0.15) is 41.5 Å². The Morgan fingerprint density at radius 2 is 1.17 bits per heavy atom. The van der Waals surface area contributed by atoms with Gasteiger partial charge in [0, 0.05) is 17.9 Å². The minimum absolute atomic E-state index is 0.294. The minimum atomic E-state index is -0.308. The van der Waals surface area contributed by atoms with Crippen molar-refractivity contribution >= 4 is 23.3 Å². The van der Waals surface area contributed by atoms with E-state index in [1.165, 1.54) is 0 Å². The second kappa shape index (κ2) is 13.2. The van der Waals surface area contributed by atoms with E-state index in [0.717, 1.165) is 19.6 Å². The topological polar surface area (TPSA) is 108 Å². The SMILES string of the molecule is CCN(CC)CCOC(=O)c1ccc(N)cc1.CCOC(=O)c1ccc(N)cc1. The molecule has 0 bridgehead atoms. The van der Waals surface area contributed by atoms with Crippen molar-refractivity contribution in [3.8, 4) is 0 Å². The first-order valence-corrected chi connectivity index (χ1v) is 9.68. The summed E-state index contributed by atoms with van der Waals surface area (Å²) in [4.78, 5) is 24.9. The van der Waals surface area contributed by atoms with E-state index in [1.54, 1.807) is 55.5 Å². The summed E-state index contributed by atoms with van der Waals surface area (Å²) in [5.74, 6) is -0.602. The van der Waals surface area contributed by atoms with Gasteiger partial charge in [-0.3, -0.25) is 0 Å². The van der Waals surface area contributed by atoms with Gasteiger partial charge in [-0.25, -0.2) is 9.59 Å². The Balaban J connectivity index is 0.000000308. The minimum Gasteiger partial charge on any atom is -0.462 e. The highest BCUT2D eigenvalue weighted by atomic mass is 16.5. The number of carbonyl (C=O) groups is 2. The molecule has 7 nitrogen and oxygen atoms in total. The van der Waals surface area contributed by atoms with Crippen molar-refractivity contribution < 1.29 is 19.1 Å². The van der Waals surface area contributed by atoms with Gasteiger partial charge in [-0.05, 0) is 68.5 Å². The predicted molar refractivity (Wildman–Crippen MR) is 116 cm³/mol. The van der Waals surface area contributed by atoms with Crippen molar-refractivity contribution in [3.63, 3.8) is 0 Å². The largest absolute Gasteiger partial charge is 0.462 e. The quantitative estimate of drug-likeness (QED) is 0.516. The lowest BCUT2D eigenvalue weighted by Gasteiger charge is -2.17. The summed E-state index contributed by atoms with van der Waals surface area (Å²) < 4.78 is 9.97. The fourth-order valence-electron chi connectivity index (χ4n) is 2.34.